The van der Waals surface area contributed by atoms with Gasteiger partial charge in [-0.1, -0.05) is 31.9 Å². The monoisotopic (exact) mass is 269 g/mol. The van der Waals surface area contributed by atoms with E-state index in [9.17, 15) is 0 Å². The zero-order valence-electron chi connectivity index (χ0n) is 10.9. The summed E-state index contributed by atoms with van der Waals surface area (Å²) in [5, 5.41) is 0.659. The van der Waals surface area contributed by atoms with Crippen molar-refractivity contribution in [2.24, 2.45) is 11.7 Å². The summed E-state index contributed by atoms with van der Waals surface area (Å²) in [6.45, 7) is 5.60. The third kappa shape index (κ3) is 2.73. The van der Waals surface area contributed by atoms with Crippen LogP contribution in [0.2, 0.25) is 5.02 Å². The van der Waals surface area contributed by atoms with Crippen molar-refractivity contribution in [3.63, 3.8) is 0 Å². The Hall–Kier alpha value is -0.930. The Labute approximate surface area is 113 Å². The van der Waals surface area contributed by atoms with Gasteiger partial charge in [-0.25, -0.2) is 0 Å². The average molecular weight is 270 g/mol. The molecule has 1 aromatic carbocycles. The van der Waals surface area contributed by atoms with E-state index in [0.717, 1.165) is 29.9 Å². The van der Waals surface area contributed by atoms with E-state index in [1.165, 1.54) is 0 Å². The minimum atomic E-state index is -0.0698. The highest BCUT2D eigenvalue weighted by Crippen LogP contribution is 2.38. The van der Waals surface area contributed by atoms with Crippen LogP contribution in [0.5, 0.6) is 11.5 Å². The highest BCUT2D eigenvalue weighted by Gasteiger charge is 2.20. The van der Waals surface area contributed by atoms with Crippen LogP contribution in [0.1, 0.15) is 38.3 Å². The average Bonchev–Trinajstić information content (AvgIpc) is 2.60. The number of hydrogen-bond acceptors (Lipinski definition) is 3. The molecule has 0 amide bonds. The van der Waals surface area contributed by atoms with Gasteiger partial charge < -0.3 is 15.2 Å². The summed E-state index contributed by atoms with van der Waals surface area (Å²) in [6.07, 6.45) is 1.91. The Balaban J connectivity index is 2.34. The molecule has 2 rings (SSSR count). The van der Waals surface area contributed by atoms with Gasteiger partial charge in [0.1, 0.15) is 0 Å². The molecule has 0 aliphatic carbocycles. The second-order valence-corrected chi connectivity index (χ2v) is 5.19. The molecule has 0 spiro atoms. The molecule has 100 valence electrons. The van der Waals surface area contributed by atoms with Gasteiger partial charge in [0.25, 0.3) is 0 Å². The van der Waals surface area contributed by atoms with Crippen molar-refractivity contribution < 1.29 is 9.47 Å². The molecule has 2 N–H and O–H groups in total. The number of ether oxygens (including phenoxy) is 2. The van der Waals surface area contributed by atoms with E-state index in [2.05, 4.69) is 13.8 Å². The lowest BCUT2D eigenvalue weighted by Crippen LogP contribution is -2.19. The van der Waals surface area contributed by atoms with Crippen LogP contribution in [-0.4, -0.2) is 13.2 Å². The van der Waals surface area contributed by atoms with Crippen molar-refractivity contribution in [1.29, 1.82) is 0 Å². The van der Waals surface area contributed by atoms with Crippen molar-refractivity contribution in [3.8, 4) is 11.5 Å². The molecule has 1 heterocycles. The molecule has 1 aromatic rings. The van der Waals surface area contributed by atoms with Crippen molar-refractivity contribution in [1.82, 2.24) is 0 Å². The Kier molecular flexibility index (Phi) is 4.36. The summed E-state index contributed by atoms with van der Waals surface area (Å²) in [6, 6.07) is 3.68. The fourth-order valence-corrected chi connectivity index (χ4v) is 2.30. The third-order valence-corrected chi connectivity index (χ3v) is 3.81. The summed E-state index contributed by atoms with van der Waals surface area (Å²) in [5.74, 6) is 1.86. The van der Waals surface area contributed by atoms with E-state index >= 15 is 0 Å². The number of halogens is 1. The van der Waals surface area contributed by atoms with E-state index < -0.39 is 0 Å². The first-order chi connectivity index (χ1) is 8.63. The van der Waals surface area contributed by atoms with E-state index in [1.807, 2.05) is 12.1 Å². The molecule has 0 bridgehead atoms. The quantitative estimate of drug-likeness (QED) is 0.913. The molecule has 0 radical (unpaired) electrons. The molecule has 3 nitrogen and oxygen atoms in total. The molecule has 0 saturated heterocycles. The van der Waals surface area contributed by atoms with Crippen LogP contribution in [0.3, 0.4) is 0 Å². The van der Waals surface area contributed by atoms with Crippen molar-refractivity contribution in [2.45, 2.75) is 32.7 Å². The molecule has 1 aliphatic heterocycles. The lowest BCUT2D eigenvalue weighted by molar-refractivity contribution is 0.297. The molecule has 2 atom stereocenters. The number of fused-ring (bicyclic) bond motifs is 1. The second kappa shape index (κ2) is 5.81. The second-order valence-electron chi connectivity index (χ2n) is 4.78. The third-order valence-electron chi connectivity index (χ3n) is 3.48. The lowest BCUT2D eigenvalue weighted by atomic mass is 9.93. The van der Waals surface area contributed by atoms with Gasteiger partial charge in [0.2, 0.25) is 0 Å². The number of benzene rings is 1. The number of hydrogen-bond donors (Lipinski definition) is 1. The largest absolute Gasteiger partial charge is 0.490 e. The molecule has 0 saturated carbocycles. The summed E-state index contributed by atoms with van der Waals surface area (Å²) >= 11 is 6.29. The predicted octanol–water partition coefficient (Wildman–Crippen LogP) is 3.55. The molecule has 0 fully saturated rings. The number of nitrogens with two attached hydrogens (primary N) is 1. The maximum absolute atomic E-state index is 6.29. The molecular weight excluding hydrogens is 250 g/mol. The van der Waals surface area contributed by atoms with Crippen LogP contribution in [0, 0.1) is 5.92 Å². The van der Waals surface area contributed by atoms with Gasteiger partial charge in [-0.15, -0.1) is 0 Å². The fraction of sp³-hybridized carbons (Fsp3) is 0.571. The van der Waals surface area contributed by atoms with Gasteiger partial charge in [0.15, 0.2) is 11.5 Å². The normalized spacial score (nSPS) is 18.0. The molecule has 1 aliphatic rings. The summed E-state index contributed by atoms with van der Waals surface area (Å²) in [4.78, 5) is 0. The zero-order chi connectivity index (χ0) is 13.1. The summed E-state index contributed by atoms with van der Waals surface area (Å²) in [5.41, 5.74) is 7.18. The fourth-order valence-electron chi connectivity index (χ4n) is 2.02. The number of rotatable bonds is 3. The minimum absolute atomic E-state index is 0.0698. The van der Waals surface area contributed by atoms with Crippen LogP contribution >= 0.6 is 11.6 Å². The topological polar surface area (TPSA) is 44.5 Å². The van der Waals surface area contributed by atoms with Crippen LogP contribution < -0.4 is 15.2 Å². The lowest BCUT2D eigenvalue weighted by Gasteiger charge is -2.21. The van der Waals surface area contributed by atoms with Gasteiger partial charge in [-0.05, 0) is 17.5 Å². The predicted molar refractivity (Wildman–Crippen MR) is 73.4 cm³/mol. The molecule has 4 heteroatoms. The van der Waals surface area contributed by atoms with Gasteiger partial charge in [0.05, 0.1) is 13.2 Å². The van der Waals surface area contributed by atoms with Crippen LogP contribution in [0.15, 0.2) is 12.1 Å². The van der Waals surface area contributed by atoms with E-state index in [0.29, 0.717) is 24.2 Å². The van der Waals surface area contributed by atoms with Gasteiger partial charge >= 0.3 is 0 Å². The van der Waals surface area contributed by atoms with E-state index in [-0.39, 0.29) is 6.04 Å². The van der Waals surface area contributed by atoms with E-state index in [4.69, 9.17) is 26.8 Å². The minimum Gasteiger partial charge on any atom is -0.490 e. The van der Waals surface area contributed by atoms with Crippen LogP contribution in [-0.2, 0) is 0 Å². The Morgan fingerprint density at radius 2 is 1.89 bits per heavy atom. The molecule has 18 heavy (non-hydrogen) atoms. The Morgan fingerprint density at radius 1 is 1.28 bits per heavy atom. The van der Waals surface area contributed by atoms with E-state index in [1.54, 1.807) is 0 Å². The molecule has 0 aromatic heterocycles. The van der Waals surface area contributed by atoms with Crippen molar-refractivity contribution in [3.05, 3.63) is 22.7 Å². The standard InChI is InChI=1S/C14H20ClNO2/c1-3-9(2)14(16)10-7-12-13(8-11(10)15)18-6-4-5-17-12/h7-9,14H,3-6,16H2,1-2H3. The first-order valence-corrected chi connectivity index (χ1v) is 6.86. The van der Waals surface area contributed by atoms with Gasteiger partial charge in [0, 0.05) is 23.6 Å². The summed E-state index contributed by atoms with van der Waals surface area (Å²) in [7, 11) is 0. The van der Waals surface area contributed by atoms with Crippen LogP contribution in [0.4, 0.5) is 0 Å². The zero-order valence-corrected chi connectivity index (χ0v) is 11.7. The molecular formula is C14H20ClNO2. The maximum Gasteiger partial charge on any atom is 0.162 e. The van der Waals surface area contributed by atoms with Gasteiger partial charge in [-0.2, -0.15) is 0 Å². The smallest absolute Gasteiger partial charge is 0.162 e. The molecule has 2 unspecified atom stereocenters. The Bertz CT molecular complexity index is 423. The van der Waals surface area contributed by atoms with Gasteiger partial charge in [-0.3, -0.25) is 0 Å². The van der Waals surface area contributed by atoms with Crippen molar-refractivity contribution >= 4 is 11.6 Å². The highest BCUT2D eigenvalue weighted by atomic mass is 35.5. The SMILES string of the molecule is CCC(C)C(N)c1cc2c(cc1Cl)OCCCO2. The first kappa shape index (κ1) is 13.5. The van der Waals surface area contributed by atoms with Crippen LogP contribution in [0.25, 0.3) is 0 Å². The first-order valence-electron chi connectivity index (χ1n) is 6.48. The highest BCUT2D eigenvalue weighted by molar-refractivity contribution is 6.31. The van der Waals surface area contributed by atoms with Crippen molar-refractivity contribution in [2.75, 3.05) is 13.2 Å². The summed E-state index contributed by atoms with van der Waals surface area (Å²) < 4.78 is 11.3. The maximum atomic E-state index is 6.29. The Morgan fingerprint density at radius 3 is 2.50 bits per heavy atom.